The number of ether oxygens (including phenoxy) is 1. The van der Waals surface area contributed by atoms with Crippen molar-refractivity contribution in [3.8, 4) is 0 Å². The molecule has 2 heterocycles. The molecule has 2 aliphatic rings. The molecule has 1 unspecified atom stereocenters. The highest BCUT2D eigenvalue weighted by Crippen LogP contribution is 2.43. The zero-order chi connectivity index (χ0) is 12.6. The molecule has 1 atom stereocenters. The average molecular weight is 249 g/mol. The molecule has 1 aromatic heterocycles. The van der Waals surface area contributed by atoms with E-state index in [0.29, 0.717) is 12.6 Å². The van der Waals surface area contributed by atoms with E-state index in [1.165, 1.54) is 31.2 Å². The predicted molar refractivity (Wildman–Crippen MR) is 70.3 cm³/mol. The Morgan fingerprint density at radius 1 is 1.50 bits per heavy atom. The van der Waals surface area contributed by atoms with E-state index in [0.717, 1.165) is 25.1 Å². The van der Waals surface area contributed by atoms with Crippen LogP contribution < -0.4 is 5.73 Å². The van der Waals surface area contributed by atoms with Crippen molar-refractivity contribution >= 4 is 0 Å². The first kappa shape index (κ1) is 12.2. The average Bonchev–Trinajstić information content (AvgIpc) is 2.97. The summed E-state index contributed by atoms with van der Waals surface area (Å²) in [5.41, 5.74) is 8.13. The third kappa shape index (κ3) is 2.08. The van der Waals surface area contributed by atoms with Gasteiger partial charge in [0.15, 0.2) is 0 Å². The summed E-state index contributed by atoms with van der Waals surface area (Å²) in [6.07, 6.45) is 9.43. The van der Waals surface area contributed by atoms with E-state index >= 15 is 0 Å². The van der Waals surface area contributed by atoms with Gasteiger partial charge in [0, 0.05) is 24.9 Å². The van der Waals surface area contributed by atoms with Crippen molar-refractivity contribution < 1.29 is 4.74 Å². The second-order valence-electron chi connectivity index (χ2n) is 5.81. The van der Waals surface area contributed by atoms with E-state index in [9.17, 15) is 0 Å². The summed E-state index contributed by atoms with van der Waals surface area (Å²) < 4.78 is 8.21. The molecule has 1 saturated carbocycles. The molecule has 0 radical (unpaired) electrons. The number of nitrogens with zero attached hydrogens (tertiary/aromatic N) is 2. The number of aromatic nitrogens is 2. The van der Waals surface area contributed by atoms with E-state index < -0.39 is 0 Å². The molecular weight excluding hydrogens is 226 g/mol. The van der Waals surface area contributed by atoms with E-state index in [1.54, 1.807) is 0 Å². The maximum absolute atomic E-state index is 6.08. The van der Waals surface area contributed by atoms with Gasteiger partial charge in [0.05, 0.1) is 17.3 Å². The van der Waals surface area contributed by atoms with Crippen LogP contribution in [0.4, 0.5) is 0 Å². The first-order valence-electron chi connectivity index (χ1n) is 7.11. The van der Waals surface area contributed by atoms with E-state index in [1.807, 2.05) is 6.92 Å². The monoisotopic (exact) mass is 249 g/mol. The number of nitrogens with two attached hydrogens (primary N) is 1. The molecule has 18 heavy (non-hydrogen) atoms. The second kappa shape index (κ2) is 4.67. The fraction of sp³-hybridized carbons (Fsp3) is 0.786. The van der Waals surface area contributed by atoms with Crippen LogP contribution >= 0.6 is 0 Å². The van der Waals surface area contributed by atoms with Gasteiger partial charge in [-0.15, -0.1) is 0 Å². The van der Waals surface area contributed by atoms with Gasteiger partial charge in [-0.25, -0.2) is 0 Å². The summed E-state index contributed by atoms with van der Waals surface area (Å²) in [5, 5.41) is 4.64. The molecule has 0 bridgehead atoms. The largest absolute Gasteiger partial charge is 0.375 e. The lowest BCUT2D eigenvalue weighted by Crippen LogP contribution is -2.38. The molecule has 3 rings (SSSR count). The molecule has 2 fully saturated rings. The molecule has 1 aliphatic heterocycles. The van der Waals surface area contributed by atoms with Crippen LogP contribution in [0.1, 0.15) is 55.8 Å². The Bertz CT molecular complexity index is 421. The lowest BCUT2D eigenvalue weighted by Gasteiger charge is -2.38. The highest BCUT2D eigenvalue weighted by molar-refractivity contribution is 5.15. The topological polar surface area (TPSA) is 53.1 Å². The number of hydrogen-bond acceptors (Lipinski definition) is 3. The minimum atomic E-state index is 0.158. The molecule has 4 nitrogen and oxygen atoms in total. The van der Waals surface area contributed by atoms with E-state index in [2.05, 4.69) is 16.0 Å². The van der Waals surface area contributed by atoms with Crippen LogP contribution in [0.3, 0.4) is 0 Å². The van der Waals surface area contributed by atoms with Crippen molar-refractivity contribution in [1.29, 1.82) is 0 Å². The standard InChI is InChI=1S/C14H23N3O/c1-11-12(9-15)10-17(16-11)13-4-7-18-14(8-13)5-2-3-6-14/h10,13H,2-9,15H2,1H3. The first-order valence-corrected chi connectivity index (χ1v) is 7.11. The Morgan fingerprint density at radius 2 is 2.28 bits per heavy atom. The van der Waals surface area contributed by atoms with Gasteiger partial charge in [-0.3, -0.25) is 4.68 Å². The molecule has 1 saturated heterocycles. The lowest BCUT2D eigenvalue weighted by molar-refractivity contribution is -0.0910. The Morgan fingerprint density at radius 3 is 2.94 bits per heavy atom. The molecule has 2 N–H and O–H groups in total. The van der Waals surface area contributed by atoms with Gasteiger partial charge in [0.1, 0.15) is 0 Å². The Kier molecular flexibility index (Phi) is 3.16. The molecule has 0 aromatic carbocycles. The lowest BCUT2D eigenvalue weighted by atomic mass is 9.89. The summed E-state index contributed by atoms with van der Waals surface area (Å²) in [5.74, 6) is 0. The van der Waals surface area contributed by atoms with Crippen LogP contribution in [0.5, 0.6) is 0 Å². The molecule has 1 spiro atoms. The van der Waals surface area contributed by atoms with Crippen LogP contribution in [0.15, 0.2) is 6.20 Å². The fourth-order valence-electron chi connectivity index (χ4n) is 3.50. The van der Waals surface area contributed by atoms with Crippen molar-refractivity contribution in [2.24, 2.45) is 5.73 Å². The van der Waals surface area contributed by atoms with Gasteiger partial charge in [-0.2, -0.15) is 5.10 Å². The summed E-state index contributed by atoms with van der Waals surface area (Å²) in [6.45, 7) is 3.51. The van der Waals surface area contributed by atoms with Gasteiger partial charge in [0.25, 0.3) is 0 Å². The summed E-state index contributed by atoms with van der Waals surface area (Å²) in [4.78, 5) is 0. The molecule has 0 amide bonds. The fourth-order valence-corrected chi connectivity index (χ4v) is 3.50. The zero-order valence-corrected chi connectivity index (χ0v) is 11.2. The van der Waals surface area contributed by atoms with Crippen LogP contribution in [0.25, 0.3) is 0 Å². The van der Waals surface area contributed by atoms with Crippen molar-refractivity contribution in [2.75, 3.05) is 6.61 Å². The zero-order valence-electron chi connectivity index (χ0n) is 11.2. The third-order valence-electron chi connectivity index (χ3n) is 4.59. The summed E-state index contributed by atoms with van der Waals surface area (Å²) >= 11 is 0. The number of hydrogen-bond donors (Lipinski definition) is 1. The number of rotatable bonds is 2. The van der Waals surface area contributed by atoms with Crippen molar-refractivity contribution in [2.45, 2.75) is 63.6 Å². The second-order valence-corrected chi connectivity index (χ2v) is 5.81. The summed E-state index contributed by atoms with van der Waals surface area (Å²) in [7, 11) is 0. The van der Waals surface area contributed by atoms with Gasteiger partial charge >= 0.3 is 0 Å². The van der Waals surface area contributed by atoms with Crippen molar-refractivity contribution in [1.82, 2.24) is 9.78 Å². The Balaban J connectivity index is 1.78. The molecule has 1 aliphatic carbocycles. The SMILES string of the molecule is Cc1nn(C2CCOC3(CCCC3)C2)cc1CN. The van der Waals surface area contributed by atoms with Crippen molar-refractivity contribution in [3.05, 3.63) is 17.5 Å². The van der Waals surface area contributed by atoms with E-state index in [-0.39, 0.29) is 5.60 Å². The van der Waals surface area contributed by atoms with Crippen LogP contribution in [-0.4, -0.2) is 22.0 Å². The van der Waals surface area contributed by atoms with Gasteiger partial charge < -0.3 is 10.5 Å². The molecular formula is C14H23N3O. The quantitative estimate of drug-likeness (QED) is 0.875. The molecule has 100 valence electrons. The highest BCUT2D eigenvalue weighted by atomic mass is 16.5. The van der Waals surface area contributed by atoms with Gasteiger partial charge in [-0.05, 0) is 32.6 Å². The number of aryl methyl sites for hydroxylation is 1. The van der Waals surface area contributed by atoms with E-state index in [4.69, 9.17) is 10.5 Å². The first-order chi connectivity index (χ1) is 8.72. The Labute approximate surface area is 108 Å². The normalized spacial score (nSPS) is 26.9. The van der Waals surface area contributed by atoms with Crippen LogP contribution in [-0.2, 0) is 11.3 Å². The van der Waals surface area contributed by atoms with Gasteiger partial charge in [0.2, 0.25) is 0 Å². The van der Waals surface area contributed by atoms with Crippen LogP contribution in [0, 0.1) is 6.92 Å². The molecule has 1 aromatic rings. The third-order valence-corrected chi connectivity index (χ3v) is 4.59. The van der Waals surface area contributed by atoms with Crippen LogP contribution in [0.2, 0.25) is 0 Å². The van der Waals surface area contributed by atoms with Crippen molar-refractivity contribution in [3.63, 3.8) is 0 Å². The molecule has 4 heteroatoms. The minimum Gasteiger partial charge on any atom is -0.375 e. The Hall–Kier alpha value is -0.870. The maximum atomic E-state index is 6.08. The predicted octanol–water partition coefficient (Wildman–Crippen LogP) is 2.31. The maximum Gasteiger partial charge on any atom is 0.0703 e. The smallest absolute Gasteiger partial charge is 0.0703 e. The minimum absolute atomic E-state index is 0.158. The van der Waals surface area contributed by atoms with Gasteiger partial charge in [-0.1, -0.05) is 12.8 Å². The highest BCUT2D eigenvalue weighted by Gasteiger charge is 2.40. The summed E-state index contributed by atoms with van der Waals surface area (Å²) in [6, 6.07) is 0.496.